The molecule has 0 aliphatic carbocycles. The third kappa shape index (κ3) is 4.95. The second-order valence-corrected chi connectivity index (χ2v) is 4.94. The summed E-state index contributed by atoms with van der Waals surface area (Å²) in [6, 6.07) is 9.84. The highest BCUT2D eigenvalue weighted by Crippen LogP contribution is 2.07. The number of rotatable bonds is 6. The maximum atomic E-state index is 13.4. The first-order chi connectivity index (χ1) is 10.1. The van der Waals surface area contributed by atoms with Gasteiger partial charge in [-0.1, -0.05) is 18.2 Å². The Morgan fingerprint density at radius 3 is 2.81 bits per heavy atom. The molecule has 4 nitrogen and oxygen atoms in total. The monoisotopic (exact) mass is 290 g/mol. The highest BCUT2D eigenvalue weighted by molar-refractivity contribution is 5.74. The Balaban J connectivity index is 1.70. The van der Waals surface area contributed by atoms with Crippen LogP contribution in [-0.2, 0) is 13.0 Å². The van der Waals surface area contributed by atoms with Crippen molar-refractivity contribution in [2.75, 3.05) is 0 Å². The molecule has 1 heterocycles. The molecule has 2 rings (SSSR count). The summed E-state index contributed by atoms with van der Waals surface area (Å²) in [5.74, 6) is 0.582. The number of urea groups is 1. The molecule has 0 fully saturated rings. The van der Waals surface area contributed by atoms with Gasteiger partial charge in [0.2, 0.25) is 0 Å². The Labute approximate surface area is 123 Å². The van der Waals surface area contributed by atoms with Crippen molar-refractivity contribution in [3.05, 3.63) is 59.8 Å². The van der Waals surface area contributed by atoms with E-state index in [0.29, 0.717) is 5.56 Å². The van der Waals surface area contributed by atoms with E-state index in [1.807, 2.05) is 19.1 Å². The summed E-state index contributed by atoms with van der Waals surface area (Å²) in [5, 5.41) is 5.47. The summed E-state index contributed by atoms with van der Waals surface area (Å²) in [5.41, 5.74) is 0.468. The molecule has 1 aromatic heterocycles. The maximum Gasteiger partial charge on any atom is 0.315 e. The molecule has 5 heteroatoms. The van der Waals surface area contributed by atoms with Crippen molar-refractivity contribution in [2.45, 2.75) is 32.4 Å². The van der Waals surface area contributed by atoms with Crippen LogP contribution in [0.4, 0.5) is 9.18 Å². The molecule has 0 saturated carbocycles. The molecule has 0 unspecified atom stereocenters. The van der Waals surface area contributed by atoms with Crippen molar-refractivity contribution in [3.8, 4) is 0 Å². The van der Waals surface area contributed by atoms with Crippen LogP contribution in [0.1, 0.15) is 24.7 Å². The van der Waals surface area contributed by atoms with Crippen molar-refractivity contribution in [1.82, 2.24) is 10.6 Å². The summed E-state index contributed by atoms with van der Waals surface area (Å²) in [4.78, 5) is 11.7. The molecule has 112 valence electrons. The van der Waals surface area contributed by atoms with Gasteiger partial charge >= 0.3 is 6.03 Å². The second-order valence-electron chi connectivity index (χ2n) is 4.94. The fourth-order valence-electron chi connectivity index (χ4n) is 1.98. The number of hydrogen-bond acceptors (Lipinski definition) is 2. The third-order valence-corrected chi connectivity index (χ3v) is 3.18. The fourth-order valence-corrected chi connectivity index (χ4v) is 1.98. The minimum Gasteiger partial charge on any atom is -0.469 e. The third-order valence-electron chi connectivity index (χ3n) is 3.18. The minimum absolute atomic E-state index is 0.00993. The van der Waals surface area contributed by atoms with E-state index in [1.165, 1.54) is 6.07 Å². The zero-order chi connectivity index (χ0) is 15.1. The lowest BCUT2D eigenvalue weighted by Gasteiger charge is -2.14. The quantitative estimate of drug-likeness (QED) is 0.858. The number of benzene rings is 1. The first-order valence-electron chi connectivity index (χ1n) is 6.95. The van der Waals surface area contributed by atoms with Gasteiger partial charge in [0.25, 0.3) is 0 Å². The van der Waals surface area contributed by atoms with E-state index in [-0.39, 0.29) is 24.4 Å². The minimum atomic E-state index is -0.316. The Morgan fingerprint density at radius 2 is 2.10 bits per heavy atom. The van der Waals surface area contributed by atoms with Crippen LogP contribution in [0.15, 0.2) is 47.1 Å². The van der Waals surface area contributed by atoms with Gasteiger partial charge in [-0.25, -0.2) is 9.18 Å². The lowest BCUT2D eigenvalue weighted by atomic mass is 10.1. The number of hydrogen-bond donors (Lipinski definition) is 2. The van der Waals surface area contributed by atoms with Crippen molar-refractivity contribution >= 4 is 6.03 Å². The Morgan fingerprint density at radius 1 is 1.29 bits per heavy atom. The number of carbonyl (C=O) groups is 1. The van der Waals surface area contributed by atoms with Gasteiger partial charge in [0.05, 0.1) is 6.26 Å². The molecule has 0 bridgehead atoms. The smallest absolute Gasteiger partial charge is 0.315 e. The van der Waals surface area contributed by atoms with Gasteiger partial charge in [-0.05, 0) is 31.5 Å². The number of amides is 2. The molecule has 2 aromatic rings. The van der Waals surface area contributed by atoms with Gasteiger partial charge in [-0.15, -0.1) is 0 Å². The van der Waals surface area contributed by atoms with Gasteiger partial charge in [-0.2, -0.15) is 0 Å². The molecule has 1 aromatic carbocycles. The highest BCUT2D eigenvalue weighted by Gasteiger charge is 2.09. The van der Waals surface area contributed by atoms with Crippen molar-refractivity contribution in [1.29, 1.82) is 0 Å². The predicted molar refractivity (Wildman–Crippen MR) is 78.3 cm³/mol. The van der Waals surface area contributed by atoms with Crippen LogP contribution < -0.4 is 10.6 Å². The van der Waals surface area contributed by atoms with Crippen molar-refractivity contribution in [2.24, 2.45) is 0 Å². The topological polar surface area (TPSA) is 54.3 Å². The molecule has 0 saturated heterocycles. The summed E-state index contributed by atoms with van der Waals surface area (Å²) >= 11 is 0. The van der Waals surface area contributed by atoms with Crippen LogP contribution in [-0.4, -0.2) is 12.1 Å². The molecule has 1 atom stereocenters. The SMILES string of the molecule is C[C@H](CCc1ccco1)NC(=O)NCc1ccccc1F. The summed E-state index contributed by atoms with van der Waals surface area (Å²) in [6.07, 6.45) is 3.18. The van der Waals surface area contributed by atoms with E-state index in [1.54, 1.807) is 24.5 Å². The Hall–Kier alpha value is -2.30. The van der Waals surface area contributed by atoms with Crippen LogP contribution >= 0.6 is 0 Å². The van der Waals surface area contributed by atoms with Crippen molar-refractivity contribution < 1.29 is 13.6 Å². The average Bonchev–Trinajstić information content (AvgIpc) is 2.97. The number of nitrogens with one attached hydrogen (secondary N) is 2. The van der Waals surface area contributed by atoms with Gasteiger partial charge in [0, 0.05) is 24.6 Å². The van der Waals surface area contributed by atoms with Crippen LogP contribution in [0.3, 0.4) is 0 Å². The molecule has 2 N–H and O–H groups in total. The van der Waals surface area contributed by atoms with Gasteiger partial charge < -0.3 is 15.1 Å². The first kappa shape index (κ1) is 15.1. The molecule has 21 heavy (non-hydrogen) atoms. The number of furan rings is 1. The lowest BCUT2D eigenvalue weighted by molar-refractivity contribution is 0.236. The second kappa shape index (κ2) is 7.47. The van der Waals surface area contributed by atoms with Crippen molar-refractivity contribution in [3.63, 3.8) is 0 Å². The van der Waals surface area contributed by atoms with E-state index in [2.05, 4.69) is 10.6 Å². The van der Waals surface area contributed by atoms with Gasteiger partial charge in [-0.3, -0.25) is 0 Å². The summed E-state index contributed by atoms with van der Waals surface area (Å²) in [7, 11) is 0. The lowest BCUT2D eigenvalue weighted by Crippen LogP contribution is -2.40. The average molecular weight is 290 g/mol. The number of carbonyl (C=O) groups excluding carboxylic acids is 1. The normalized spacial score (nSPS) is 11.9. The number of aryl methyl sites for hydroxylation is 1. The maximum absolute atomic E-state index is 13.4. The van der Waals surface area contributed by atoms with Gasteiger partial charge in [0.15, 0.2) is 0 Å². The zero-order valence-corrected chi connectivity index (χ0v) is 11.9. The molecule has 0 aliphatic heterocycles. The fraction of sp³-hybridized carbons (Fsp3) is 0.312. The van der Waals surface area contributed by atoms with Crippen LogP contribution in [0.2, 0.25) is 0 Å². The molecule has 0 aliphatic rings. The molecular formula is C16H19FN2O2. The Bertz CT molecular complexity index is 569. The highest BCUT2D eigenvalue weighted by atomic mass is 19.1. The van der Waals surface area contributed by atoms with E-state index >= 15 is 0 Å². The molecule has 2 amide bonds. The van der Waals surface area contributed by atoms with Crippen LogP contribution in [0.5, 0.6) is 0 Å². The predicted octanol–water partition coefficient (Wildman–Crippen LogP) is 3.24. The largest absolute Gasteiger partial charge is 0.469 e. The summed E-state index contributed by atoms with van der Waals surface area (Å²) < 4.78 is 18.6. The van der Waals surface area contributed by atoms with E-state index in [9.17, 15) is 9.18 Å². The molecular weight excluding hydrogens is 271 g/mol. The molecule has 0 spiro atoms. The van der Waals surface area contributed by atoms with Crippen LogP contribution in [0, 0.1) is 5.82 Å². The van der Waals surface area contributed by atoms with Gasteiger partial charge in [0.1, 0.15) is 11.6 Å². The Kier molecular flexibility index (Phi) is 5.37. The van der Waals surface area contributed by atoms with E-state index in [4.69, 9.17) is 4.42 Å². The zero-order valence-electron chi connectivity index (χ0n) is 11.9. The van der Waals surface area contributed by atoms with E-state index in [0.717, 1.165) is 18.6 Å². The van der Waals surface area contributed by atoms with E-state index < -0.39 is 0 Å². The van der Waals surface area contributed by atoms with Crippen LogP contribution in [0.25, 0.3) is 0 Å². The molecule has 0 radical (unpaired) electrons. The number of halogens is 1. The summed E-state index contributed by atoms with van der Waals surface area (Å²) in [6.45, 7) is 2.09. The standard InChI is InChI=1S/C16H19FN2O2/c1-12(8-9-14-6-4-10-21-14)19-16(20)18-11-13-5-2-3-7-15(13)17/h2-7,10,12H,8-9,11H2,1H3,(H2,18,19,20)/t12-/m1/s1. The first-order valence-corrected chi connectivity index (χ1v) is 6.95.